The van der Waals surface area contributed by atoms with Gasteiger partial charge in [0.05, 0.1) is 27.9 Å². The monoisotopic (exact) mass is 497 g/mol. The average molecular weight is 498 g/mol. The second-order valence-electron chi connectivity index (χ2n) is 9.38. The van der Waals surface area contributed by atoms with Crippen molar-refractivity contribution < 1.29 is 0 Å². The van der Waals surface area contributed by atoms with E-state index in [1.165, 1.54) is 5.57 Å². The van der Waals surface area contributed by atoms with Crippen LogP contribution in [0.5, 0.6) is 0 Å². The van der Waals surface area contributed by atoms with Gasteiger partial charge in [-0.1, -0.05) is 36.7 Å². The number of allylic oxidation sites excluding steroid dienone is 1. The van der Waals surface area contributed by atoms with E-state index in [1.54, 1.807) is 27.5 Å². The largest absolute Gasteiger partial charge is 0.360 e. The van der Waals surface area contributed by atoms with Crippen LogP contribution in [0.2, 0.25) is 5.02 Å². The predicted molar refractivity (Wildman–Crippen MR) is 140 cm³/mol. The summed E-state index contributed by atoms with van der Waals surface area (Å²) in [5.41, 5.74) is 4.39. The summed E-state index contributed by atoms with van der Waals surface area (Å²) in [7, 11) is 0. The molecule has 0 spiro atoms. The number of halogens is 1. The fraction of sp³-hybridized carbons (Fsp3) is 0.259. The molecule has 6 rings (SSSR count). The van der Waals surface area contributed by atoms with Crippen molar-refractivity contribution in [2.75, 3.05) is 6.54 Å². The smallest absolute Gasteiger partial charge is 0.284 e. The van der Waals surface area contributed by atoms with Gasteiger partial charge in [-0.3, -0.25) is 9.36 Å². The van der Waals surface area contributed by atoms with Crippen LogP contribution in [-0.4, -0.2) is 36.8 Å². The first kappa shape index (κ1) is 22.4. The molecule has 36 heavy (non-hydrogen) atoms. The summed E-state index contributed by atoms with van der Waals surface area (Å²) in [6.07, 6.45) is 6.97. The molecule has 2 aliphatic rings. The lowest BCUT2D eigenvalue weighted by atomic mass is 9.85. The van der Waals surface area contributed by atoms with Gasteiger partial charge in [-0.15, -0.1) is 0 Å². The van der Waals surface area contributed by atoms with Gasteiger partial charge < -0.3 is 9.88 Å². The standard InChI is InChI=1S/C27H24ClN7O/c1-16-7-6-11-30-25-21(18(13-29)14-31-25)22(16)33-15-17(2)23(33)26-32-34-12-10-20(28)24(34)27(36)35(26)19-8-4-3-5-9-19/h3-5,8-12,14,17,23,31H,6-7,15H2,1-2H3. The molecule has 1 aromatic carbocycles. The van der Waals surface area contributed by atoms with Gasteiger partial charge in [-0.25, -0.2) is 9.51 Å². The molecule has 2 aliphatic heterocycles. The lowest BCUT2D eigenvalue weighted by Gasteiger charge is -2.50. The van der Waals surface area contributed by atoms with E-state index in [1.807, 2.05) is 36.5 Å². The summed E-state index contributed by atoms with van der Waals surface area (Å²) in [6.45, 7) is 5.04. The van der Waals surface area contributed by atoms with Crippen LogP contribution in [-0.2, 0) is 0 Å². The van der Waals surface area contributed by atoms with E-state index < -0.39 is 0 Å². The molecule has 0 bridgehead atoms. The molecule has 4 aromatic rings. The molecule has 3 aromatic heterocycles. The highest BCUT2D eigenvalue weighted by atomic mass is 35.5. The summed E-state index contributed by atoms with van der Waals surface area (Å²) in [5.74, 6) is 1.53. The number of likely N-dealkylation sites (tertiary alicyclic amines) is 1. The highest BCUT2D eigenvalue weighted by Crippen LogP contribution is 2.47. The predicted octanol–water partition coefficient (Wildman–Crippen LogP) is 5.26. The van der Waals surface area contributed by atoms with E-state index >= 15 is 0 Å². The maximum atomic E-state index is 13.8. The van der Waals surface area contributed by atoms with E-state index in [2.05, 4.69) is 34.8 Å². The molecule has 1 fully saturated rings. The van der Waals surface area contributed by atoms with Crippen molar-refractivity contribution in [2.24, 2.45) is 10.9 Å². The molecule has 8 nitrogen and oxygen atoms in total. The molecular formula is C27H24ClN7O. The van der Waals surface area contributed by atoms with Crippen molar-refractivity contribution in [3.8, 4) is 11.8 Å². The number of aromatic nitrogens is 4. The number of rotatable bonds is 3. The molecule has 0 radical (unpaired) electrons. The number of hydrogen-bond acceptors (Lipinski definition) is 5. The molecule has 2 unspecified atom stereocenters. The van der Waals surface area contributed by atoms with Gasteiger partial charge in [-0.05, 0) is 43.5 Å². The number of nitrogens with zero attached hydrogens (tertiary/aromatic N) is 6. The Labute approximate surface area is 212 Å². The number of nitriles is 1. The Bertz CT molecular complexity index is 1650. The van der Waals surface area contributed by atoms with Crippen LogP contribution in [0, 0.1) is 17.2 Å². The number of H-pyrrole nitrogens is 1. The van der Waals surface area contributed by atoms with Gasteiger partial charge in [0.25, 0.3) is 5.56 Å². The molecule has 9 heteroatoms. The third-order valence-electron chi connectivity index (χ3n) is 7.08. The van der Waals surface area contributed by atoms with Gasteiger partial charge in [0.15, 0.2) is 5.82 Å². The summed E-state index contributed by atoms with van der Waals surface area (Å²) in [6, 6.07) is 13.4. The molecule has 0 aliphatic carbocycles. The van der Waals surface area contributed by atoms with Crippen molar-refractivity contribution >= 4 is 34.8 Å². The van der Waals surface area contributed by atoms with E-state index in [0.717, 1.165) is 36.3 Å². The molecule has 1 N–H and O–H groups in total. The van der Waals surface area contributed by atoms with Crippen LogP contribution in [0.1, 0.15) is 49.7 Å². The average Bonchev–Trinajstić information content (AvgIpc) is 3.44. The van der Waals surface area contributed by atoms with E-state index in [0.29, 0.717) is 27.7 Å². The first-order valence-electron chi connectivity index (χ1n) is 12.0. The molecule has 0 saturated carbocycles. The maximum Gasteiger partial charge on any atom is 0.284 e. The van der Waals surface area contributed by atoms with Crippen molar-refractivity contribution in [1.29, 1.82) is 5.26 Å². The van der Waals surface area contributed by atoms with E-state index in [4.69, 9.17) is 16.7 Å². The van der Waals surface area contributed by atoms with Gasteiger partial charge in [0.1, 0.15) is 17.4 Å². The number of benzene rings is 1. The zero-order valence-corrected chi connectivity index (χ0v) is 20.7. The zero-order valence-electron chi connectivity index (χ0n) is 19.9. The van der Waals surface area contributed by atoms with Crippen LogP contribution in [0.3, 0.4) is 0 Å². The Balaban J connectivity index is 1.59. The number of fused-ring (bicyclic) bond motifs is 2. The van der Waals surface area contributed by atoms with E-state index in [9.17, 15) is 10.1 Å². The quantitative estimate of drug-likeness (QED) is 0.417. The Morgan fingerprint density at radius 1 is 1.22 bits per heavy atom. The minimum Gasteiger partial charge on any atom is -0.360 e. The minimum absolute atomic E-state index is 0.189. The molecule has 180 valence electrons. The fourth-order valence-corrected chi connectivity index (χ4v) is 5.61. The third kappa shape index (κ3) is 3.31. The topological polar surface area (TPSA) is 94.5 Å². The summed E-state index contributed by atoms with van der Waals surface area (Å²) in [4.78, 5) is 23.8. The van der Waals surface area contributed by atoms with Crippen LogP contribution < -0.4 is 5.56 Å². The fourth-order valence-electron chi connectivity index (χ4n) is 5.38. The van der Waals surface area contributed by atoms with Gasteiger partial charge in [0, 0.05) is 36.8 Å². The first-order valence-corrected chi connectivity index (χ1v) is 12.3. The number of aromatic amines is 1. The van der Waals surface area contributed by atoms with Crippen molar-refractivity contribution in [1.82, 2.24) is 24.1 Å². The van der Waals surface area contributed by atoms with Crippen molar-refractivity contribution in [3.05, 3.63) is 86.7 Å². The van der Waals surface area contributed by atoms with Crippen LogP contribution in [0.15, 0.2) is 64.2 Å². The van der Waals surface area contributed by atoms with Gasteiger partial charge in [0.2, 0.25) is 0 Å². The van der Waals surface area contributed by atoms with Gasteiger partial charge >= 0.3 is 0 Å². The first-order chi connectivity index (χ1) is 17.5. The summed E-state index contributed by atoms with van der Waals surface area (Å²) < 4.78 is 3.25. The lowest BCUT2D eigenvalue weighted by Crippen LogP contribution is -2.50. The summed E-state index contributed by atoms with van der Waals surface area (Å²) >= 11 is 6.39. The Hall–Kier alpha value is -4.09. The zero-order chi connectivity index (χ0) is 25.0. The van der Waals surface area contributed by atoms with Crippen molar-refractivity contribution in [2.45, 2.75) is 32.7 Å². The second kappa shape index (κ2) is 8.54. The van der Waals surface area contributed by atoms with E-state index in [-0.39, 0.29) is 17.5 Å². The molecule has 1 saturated heterocycles. The second-order valence-corrected chi connectivity index (χ2v) is 9.79. The molecule has 2 atom stereocenters. The Morgan fingerprint density at radius 2 is 2.03 bits per heavy atom. The molecule has 5 heterocycles. The molecular weight excluding hydrogens is 474 g/mol. The van der Waals surface area contributed by atoms with Gasteiger partial charge in [-0.2, -0.15) is 10.4 Å². The highest BCUT2D eigenvalue weighted by Gasteiger charge is 2.44. The number of nitrogens with one attached hydrogen (secondary N) is 1. The summed E-state index contributed by atoms with van der Waals surface area (Å²) in [5, 5.41) is 15.2. The Kier molecular flexibility index (Phi) is 5.31. The Morgan fingerprint density at radius 3 is 2.78 bits per heavy atom. The maximum absolute atomic E-state index is 13.8. The lowest BCUT2D eigenvalue weighted by molar-refractivity contribution is 0.0775. The number of para-hydroxylation sites is 1. The van der Waals surface area contributed by atoms with Crippen LogP contribution in [0.4, 0.5) is 5.82 Å². The minimum atomic E-state index is -0.215. The number of hydrogen-bond donors (Lipinski definition) is 1. The molecule has 0 amide bonds. The highest BCUT2D eigenvalue weighted by molar-refractivity contribution is 6.33. The SMILES string of the molecule is CC1=C(N2CC(C)C2c2nn3ccc(Cl)c3c(=O)n2-c2ccccc2)c2c(C#N)c[nH]c2N=CCC1. The normalized spacial score (nSPS) is 19.6. The van der Waals surface area contributed by atoms with Crippen molar-refractivity contribution in [3.63, 3.8) is 0 Å². The third-order valence-corrected chi connectivity index (χ3v) is 7.38. The van der Waals surface area contributed by atoms with Crippen LogP contribution in [0.25, 0.3) is 16.9 Å². The van der Waals surface area contributed by atoms with Crippen LogP contribution >= 0.6 is 11.6 Å². The number of aliphatic imine (C=N–C) groups is 1.